The number of fused-ring (bicyclic) bond motifs is 3. The molecule has 3 aliphatic rings. The molecule has 0 radical (unpaired) electrons. The quantitative estimate of drug-likeness (QED) is 0.558. The van der Waals surface area contributed by atoms with E-state index in [-0.39, 0.29) is 24.6 Å². The molecule has 0 amide bonds. The SMILES string of the molecule is CC(C)C1C=C2CCC3C(C)(C(=O)OCC(O)CO)CCCC3(C)C2CC1. The van der Waals surface area contributed by atoms with E-state index in [1.54, 1.807) is 5.57 Å². The molecule has 0 aliphatic heterocycles. The van der Waals surface area contributed by atoms with Crippen molar-refractivity contribution in [3.63, 3.8) is 0 Å². The molecule has 0 bridgehead atoms. The number of carbonyl (C=O) groups is 1. The van der Waals surface area contributed by atoms with E-state index in [9.17, 15) is 9.90 Å². The molecule has 0 aromatic heterocycles. The third kappa shape index (κ3) is 3.72. The predicted molar refractivity (Wildman–Crippen MR) is 106 cm³/mol. The van der Waals surface area contributed by atoms with Crippen LogP contribution in [-0.4, -0.2) is 35.5 Å². The van der Waals surface area contributed by atoms with E-state index < -0.39 is 11.5 Å². The molecule has 2 N–H and O–H groups in total. The molecule has 6 atom stereocenters. The van der Waals surface area contributed by atoms with Crippen molar-refractivity contribution < 1.29 is 19.7 Å². The predicted octanol–water partition coefficient (Wildman–Crippen LogP) is 4.10. The molecule has 3 rings (SSSR count). The van der Waals surface area contributed by atoms with Crippen LogP contribution in [0, 0.1) is 34.5 Å². The maximum absolute atomic E-state index is 13.0. The highest BCUT2D eigenvalue weighted by Gasteiger charge is 2.58. The van der Waals surface area contributed by atoms with Gasteiger partial charge in [0.05, 0.1) is 12.0 Å². The second kappa shape index (κ2) is 7.87. The number of allylic oxidation sites excluding steroid dienone is 2. The highest BCUT2D eigenvalue weighted by Crippen LogP contribution is 2.63. The summed E-state index contributed by atoms with van der Waals surface area (Å²) in [6.07, 6.45) is 9.36. The summed E-state index contributed by atoms with van der Waals surface area (Å²) in [5, 5.41) is 18.6. The average Bonchev–Trinajstić information content (AvgIpc) is 2.65. The fourth-order valence-electron chi connectivity index (χ4n) is 6.48. The van der Waals surface area contributed by atoms with Crippen LogP contribution in [0.5, 0.6) is 0 Å². The van der Waals surface area contributed by atoms with Crippen molar-refractivity contribution in [3.05, 3.63) is 11.6 Å². The van der Waals surface area contributed by atoms with Gasteiger partial charge in [0.15, 0.2) is 0 Å². The van der Waals surface area contributed by atoms with Crippen molar-refractivity contribution in [3.8, 4) is 0 Å². The van der Waals surface area contributed by atoms with Crippen molar-refractivity contribution in [1.29, 1.82) is 0 Å². The molecule has 3 aliphatic carbocycles. The Balaban J connectivity index is 1.81. The van der Waals surface area contributed by atoms with Gasteiger partial charge in [0.1, 0.15) is 12.7 Å². The molecule has 0 heterocycles. The number of hydrogen-bond acceptors (Lipinski definition) is 4. The number of esters is 1. The average molecular weight is 379 g/mol. The Morgan fingerprint density at radius 3 is 2.67 bits per heavy atom. The van der Waals surface area contributed by atoms with E-state index in [1.807, 2.05) is 0 Å². The third-order valence-electron chi connectivity index (χ3n) is 8.10. The first-order valence-corrected chi connectivity index (χ1v) is 10.9. The van der Waals surface area contributed by atoms with E-state index in [4.69, 9.17) is 9.84 Å². The van der Waals surface area contributed by atoms with Crippen LogP contribution in [-0.2, 0) is 9.53 Å². The second-order valence-electron chi connectivity index (χ2n) is 10.1. The maximum Gasteiger partial charge on any atom is 0.312 e. The van der Waals surface area contributed by atoms with Gasteiger partial charge in [0.2, 0.25) is 0 Å². The normalized spacial score (nSPS) is 40.0. The van der Waals surface area contributed by atoms with Crippen molar-refractivity contribution in [2.45, 2.75) is 78.7 Å². The molecule has 4 nitrogen and oxygen atoms in total. The van der Waals surface area contributed by atoms with Gasteiger partial charge < -0.3 is 14.9 Å². The van der Waals surface area contributed by atoms with E-state index >= 15 is 0 Å². The van der Waals surface area contributed by atoms with Crippen LogP contribution >= 0.6 is 0 Å². The fraction of sp³-hybridized carbons (Fsp3) is 0.870. The van der Waals surface area contributed by atoms with Gasteiger partial charge in [-0.1, -0.05) is 38.8 Å². The number of aliphatic hydroxyl groups excluding tert-OH is 2. The summed E-state index contributed by atoms with van der Waals surface area (Å²) in [4.78, 5) is 13.0. The Labute approximate surface area is 164 Å². The zero-order valence-electron chi connectivity index (χ0n) is 17.5. The number of ether oxygens (including phenoxy) is 1. The smallest absolute Gasteiger partial charge is 0.312 e. The van der Waals surface area contributed by atoms with Crippen molar-refractivity contribution in [2.75, 3.05) is 13.2 Å². The molecule has 2 fully saturated rings. The first kappa shape index (κ1) is 20.9. The summed E-state index contributed by atoms with van der Waals surface area (Å²) in [5.74, 6) is 2.15. The standard InChI is InChI=1S/C23H38O4/c1-15(2)16-6-8-19-17(12-16)7-9-20-22(19,3)10-5-11-23(20,4)21(26)27-14-18(25)13-24/h12,15-16,18-20,24-25H,5-11,13-14H2,1-4H3. The Kier molecular flexibility index (Phi) is 6.08. The van der Waals surface area contributed by atoms with Crippen LogP contribution in [0.15, 0.2) is 11.6 Å². The summed E-state index contributed by atoms with van der Waals surface area (Å²) in [6.45, 7) is 8.65. The van der Waals surface area contributed by atoms with Gasteiger partial charge >= 0.3 is 5.97 Å². The van der Waals surface area contributed by atoms with Gasteiger partial charge in [0.25, 0.3) is 0 Å². The summed E-state index contributed by atoms with van der Waals surface area (Å²) >= 11 is 0. The van der Waals surface area contributed by atoms with Gasteiger partial charge in [-0.05, 0) is 74.5 Å². The van der Waals surface area contributed by atoms with Crippen LogP contribution in [0.25, 0.3) is 0 Å². The van der Waals surface area contributed by atoms with Gasteiger partial charge in [-0.2, -0.15) is 0 Å². The maximum atomic E-state index is 13.0. The zero-order chi connectivity index (χ0) is 19.8. The first-order valence-electron chi connectivity index (χ1n) is 10.9. The molecule has 4 heteroatoms. The van der Waals surface area contributed by atoms with Crippen molar-refractivity contribution >= 4 is 5.97 Å². The topological polar surface area (TPSA) is 66.8 Å². The van der Waals surface area contributed by atoms with Gasteiger partial charge in [0, 0.05) is 0 Å². The Bertz CT molecular complexity index is 583. The molecule has 2 saturated carbocycles. The Hall–Kier alpha value is -0.870. The Morgan fingerprint density at radius 1 is 1.26 bits per heavy atom. The van der Waals surface area contributed by atoms with Gasteiger partial charge in [-0.3, -0.25) is 4.79 Å². The lowest BCUT2D eigenvalue weighted by atomic mass is 9.45. The van der Waals surface area contributed by atoms with Crippen LogP contribution in [0.1, 0.15) is 72.6 Å². The largest absolute Gasteiger partial charge is 0.462 e. The van der Waals surface area contributed by atoms with E-state index in [2.05, 4.69) is 33.8 Å². The highest BCUT2D eigenvalue weighted by atomic mass is 16.5. The van der Waals surface area contributed by atoms with E-state index in [0.29, 0.717) is 23.7 Å². The minimum absolute atomic E-state index is 0.112. The van der Waals surface area contributed by atoms with Crippen molar-refractivity contribution in [1.82, 2.24) is 0 Å². The van der Waals surface area contributed by atoms with Gasteiger partial charge in [-0.15, -0.1) is 0 Å². The fourth-order valence-corrected chi connectivity index (χ4v) is 6.48. The van der Waals surface area contributed by atoms with E-state index in [0.717, 1.165) is 25.7 Å². The third-order valence-corrected chi connectivity index (χ3v) is 8.10. The molecular weight excluding hydrogens is 340 g/mol. The second-order valence-corrected chi connectivity index (χ2v) is 10.1. The van der Waals surface area contributed by atoms with Crippen LogP contribution < -0.4 is 0 Å². The molecule has 0 aromatic rings. The van der Waals surface area contributed by atoms with Crippen LogP contribution in [0.3, 0.4) is 0 Å². The minimum atomic E-state index is -0.986. The number of carbonyl (C=O) groups excluding carboxylic acids is 1. The van der Waals surface area contributed by atoms with Crippen LogP contribution in [0.4, 0.5) is 0 Å². The molecule has 6 unspecified atom stereocenters. The number of aliphatic hydroxyl groups is 2. The molecule has 0 spiro atoms. The summed E-state index contributed by atoms with van der Waals surface area (Å²) in [6, 6.07) is 0. The summed E-state index contributed by atoms with van der Waals surface area (Å²) in [5.41, 5.74) is 1.32. The van der Waals surface area contributed by atoms with Gasteiger partial charge in [-0.25, -0.2) is 0 Å². The summed E-state index contributed by atoms with van der Waals surface area (Å²) in [7, 11) is 0. The zero-order valence-corrected chi connectivity index (χ0v) is 17.5. The molecule has 154 valence electrons. The lowest BCUT2D eigenvalue weighted by molar-refractivity contribution is -0.174. The monoisotopic (exact) mass is 378 g/mol. The van der Waals surface area contributed by atoms with Crippen molar-refractivity contribution in [2.24, 2.45) is 34.5 Å². The van der Waals surface area contributed by atoms with Crippen LogP contribution in [0.2, 0.25) is 0 Å². The Morgan fingerprint density at radius 2 is 2.00 bits per heavy atom. The number of rotatable bonds is 5. The van der Waals surface area contributed by atoms with E-state index in [1.165, 1.54) is 19.3 Å². The number of hydrogen-bond donors (Lipinski definition) is 2. The molecule has 0 saturated heterocycles. The summed E-state index contributed by atoms with van der Waals surface area (Å²) < 4.78 is 5.45. The highest BCUT2D eigenvalue weighted by molar-refractivity contribution is 5.77. The molecular formula is C23H38O4. The lowest BCUT2D eigenvalue weighted by Gasteiger charge is -2.58. The lowest BCUT2D eigenvalue weighted by Crippen LogP contribution is -2.54. The minimum Gasteiger partial charge on any atom is -0.462 e. The molecule has 27 heavy (non-hydrogen) atoms. The molecule has 0 aromatic carbocycles. The first-order chi connectivity index (χ1) is 12.7.